The first kappa shape index (κ1) is 15.2. The molecule has 1 fully saturated rings. The van der Waals surface area contributed by atoms with Crippen LogP contribution in [0.3, 0.4) is 0 Å². The molecule has 4 nitrogen and oxygen atoms in total. The van der Waals surface area contributed by atoms with Crippen molar-refractivity contribution >= 4 is 5.97 Å². The number of piperidine rings is 1. The summed E-state index contributed by atoms with van der Waals surface area (Å²) in [6, 6.07) is 16.3. The molecule has 2 aliphatic heterocycles. The molecule has 124 valence electrons. The van der Waals surface area contributed by atoms with Gasteiger partial charge in [0.1, 0.15) is 16.9 Å². The van der Waals surface area contributed by atoms with E-state index in [4.69, 9.17) is 9.47 Å². The number of hydrogen-bond acceptors (Lipinski definition) is 4. The summed E-state index contributed by atoms with van der Waals surface area (Å²) < 4.78 is 11.2. The van der Waals surface area contributed by atoms with Crippen LogP contribution in [0.1, 0.15) is 34.3 Å². The average Bonchev–Trinajstić information content (AvgIpc) is 2.90. The monoisotopic (exact) mass is 323 g/mol. The number of hydrogen-bond donors (Lipinski definition) is 0. The van der Waals surface area contributed by atoms with E-state index in [0.29, 0.717) is 11.3 Å². The van der Waals surface area contributed by atoms with E-state index in [9.17, 15) is 4.79 Å². The van der Waals surface area contributed by atoms with E-state index in [0.717, 1.165) is 38.0 Å². The lowest BCUT2D eigenvalue weighted by Crippen LogP contribution is -2.42. The first-order chi connectivity index (χ1) is 11.7. The fraction of sp³-hybridized carbons (Fsp3) is 0.350. The van der Waals surface area contributed by atoms with Gasteiger partial charge in [-0.1, -0.05) is 42.5 Å². The van der Waals surface area contributed by atoms with E-state index in [1.807, 2.05) is 24.3 Å². The summed E-state index contributed by atoms with van der Waals surface area (Å²) in [5.41, 5.74) is 2.44. The Balaban J connectivity index is 1.53. The minimum Gasteiger partial charge on any atom is -0.496 e. The van der Waals surface area contributed by atoms with Gasteiger partial charge in [-0.3, -0.25) is 4.90 Å². The number of methoxy groups -OCH3 is 1. The normalized spacial score (nSPS) is 19.1. The predicted octanol–water partition coefficient (Wildman–Crippen LogP) is 3.36. The Morgan fingerprint density at radius 2 is 1.83 bits per heavy atom. The second-order valence-corrected chi connectivity index (χ2v) is 6.53. The van der Waals surface area contributed by atoms with Gasteiger partial charge >= 0.3 is 5.97 Å². The number of carbonyl (C=O) groups excluding carboxylic acids is 1. The third-order valence-corrected chi connectivity index (χ3v) is 5.14. The van der Waals surface area contributed by atoms with Crippen molar-refractivity contribution in [2.75, 3.05) is 20.2 Å². The molecule has 0 N–H and O–H groups in total. The van der Waals surface area contributed by atoms with E-state index in [-0.39, 0.29) is 5.97 Å². The Hall–Kier alpha value is -2.33. The molecule has 0 aromatic heterocycles. The van der Waals surface area contributed by atoms with Gasteiger partial charge in [-0.2, -0.15) is 0 Å². The van der Waals surface area contributed by atoms with Gasteiger partial charge in [-0.25, -0.2) is 4.79 Å². The molecule has 2 heterocycles. The molecule has 0 bridgehead atoms. The highest BCUT2D eigenvalue weighted by molar-refractivity contribution is 5.97. The standard InChI is InChI=1S/C20H21NO3/c1-23-17-9-5-8-16-18(17)19(22)24-20(16)10-12-21(13-11-20)14-15-6-3-2-4-7-15/h2-9H,10-14H2,1H3. The minimum absolute atomic E-state index is 0.251. The topological polar surface area (TPSA) is 38.8 Å². The summed E-state index contributed by atoms with van der Waals surface area (Å²) in [6.45, 7) is 2.77. The molecule has 0 unspecified atom stereocenters. The van der Waals surface area contributed by atoms with Crippen LogP contribution in [0.2, 0.25) is 0 Å². The maximum absolute atomic E-state index is 12.4. The van der Waals surface area contributed by atoms with Gasteiger partial charge in [0, 0.05) is 38.0 Å². The number of fused-ring (bicyclic) bond motifs is 2. The summed E-state index contributed by atoms with van der Waals surface area (Å²) in [6.07, 6.45) is 1.65. The molecule has 24 heavy (non-hydrogen) atoms. The Morgan fingerprint density at radius 3 is 2.54 bits per heavy atom. The maximum atomic E-state index is 12.4. The number of benzene rings is 2. The predicted molar refractivity (Wildman–Crippen MR) is 91.0 cm³/mol. The summed E-state index contributed by atoms with van der Waals surface area (Å²) in [7, 11) is 1.59. The third kappa shape index (κ3) is 2.47. The molecule has 0 saturated carbocycles. The molecule has 2 aromatic rings. The lowest BCUT2D eigenvalue weighted by Gasteiger charge is -2.38. The van der Waals surface area contributed by atoms with Crippen LogP contribution in [0.5, 0.6) is 5.75 Å². The van der Waals surface area contributed by atoms with Crippen molar-refractivity contribution in [3.63, 3.8) is 0 Å². The van der Waals surface area contributed by atoms with Crippen molar-refractivity contribution < 1.29 is 14.3 Å². The fourth-order valence-corrected chi connectivity index (χ4v) is 3.86. The zero-order chi connectivity index (χ0) is 16.6. The van der Waals surface area contributed by atoms with Crippen molar-refractivity contribution in [3.05, 3.63) is 65.2 Å². The highest BCUT2D eigenvalue weighted by Crippen LogP contribution is 2.46. The van der Waals surface area contributed by atoms with Gasteiger partial charge < -0.3 is 9.47 Å². The van der Waals surface area contributed by atoms with Crippen LogP contribution in [0.15, 0.2) is 48.5 Å². The van der Waals surface area contributed by atoms with Gasteiger partial charge in [0.05, 0.1) is 7.11 Å². The quantitative estimate of drug-likeness (QED) is 0.812. The summed E-state index contributed by atoms with van der Waals surface area (Å²) in [5, 5.41) is 0. The van der Waals surface area contributed by atoms with Gasteiger partial charge in [-0.05, 0) is 11.6 Å². The molecule has 0 aliphatic carbocycles. The fourth-order valence-electron chi connectivity index (χ4n) is 3.86. The van der Waals surface area contributed by atoms with Crippen LogP contribution in [-0.4, -0.2) is 31.1 Å². The zero-order valence-corrected chi connectivity index (χ0v) is 13.8. The van der Waals surface area contributed by atoms with Crippen molar-refractivity contribution in [3.8, 4) is 5.75 Å². The molecular weight excluding hydrogens is 302 g/mol. The molecule has 0 radical (unpaired) electrons. The first-order valence-electron chi connectivity index (χ1n) is 8.39. The number of nitrogens with zero attached hydrogens (tertiary/aromatic N) is 1. The minimum atomic E-state index is -0.478. The van der Waals surface area contributed by atoms with E-state index in [1.165, 1.54) is 5.56 Å². The number of likely N-dealkylation sites (tertiary alicyclic amines) is 1. The average molecular weight is 323 g/mol. The molecular formula is C20H21NO3. The van der Waals surface area contributed by atoms with Crippen molar-refractivity contribution in [1.29, 1.82) is 0 Å². The lowest BCUT2D eigenvalue weighted by molar-refractivity contribution is -0.0441. The first-order valence-corrected chi connectivity index (χ1v) is 8.39. The van der Waals surface area contributed by atoms with Crippen molar-refractivity contribution in [1.82, 2.24) is 4.90 Å². The van der Waals surface area contributed by atoms with Gasteiger partial charge in [0.2, 0.25) is 0 Å². The Morgan fingerprint density at radius 1 is 1.08 bits per heavy atom. The highest BCUT2D eigenvalue weighted by Gasteiger charge is 2.48. The zero-order valence-electron chi connectivity index (χ0n) is 13.8. The van der Waals surface area contributed by atoms with E-state index < -0.39 is 5.60 Å². The molecule has 4 rings (SSSR count). The van der Waals surface area contributed by atoms with E-state index in [2.05, 4.69) is 29.2 Å². The molecule has 1 spiro atoms. The van der Waals surface area contributed by atoms with Crippen LogP contribution in [0.4, 0.5) is 0 Å². The van der Waals surface area contributed by atoms with E-state index >= 15 is 0 Å². The second-order valence-electron chi connectivity index (χ2n) is 6.53. The smallest absolute Gasteiger partial charge is 0.343 e. The Labute approximate surface area is 142 Å². The maximum Gasteiger partial charge on any atom is 0.343 e. The molecule has 2 aliphatic rings. The number of rotatable bonds is 3. The summed E-state index contributed by atoms with van der Waals surface area (Å²) in [5.74, 6) is 0.361. The SMILES string of the molecule is COc1cccc2c1C(=O)OC21CCN(Cc2ccccc2)CC1. The Kier molecular flexibility index (Phi) is 3.77. The van der Waals surface area contributed by atoms with Crippen LogP contribution >= 0.6 is 0 Å². The highest BCUT2D eigenvalue weighted by atomic mass is 16.6. The van der Waals surface area contributed by atoms with Gasteiger partial charge in [0.25, 0.3) is 0 Å². The third-order valence-electron chi connectivity index (χ3n) is 5.14. The van der Waals surface area contributed by atoms with Crippen molar-refractivity contribution in [2.24, 2.45) is 0 Å². The Bertz CT molecular complexity index is 749. The van der Waals surface area contributed by atoms with Crippen LogP contribution in [-0.2, 0) is 16.9 Å². The summed E-state index contributed by atoms with van der Waals surface area (Å²) >= 11 is 0. The molecule has 0 amide bonds. The van der Waals surface area contributed by atoms with Gasteiger partial charge in [0.15, 0.2) is 0 Å². The van der Waals surface area contributed by atoms with Crippen LogP contribution in [0, 0.1) is 0 Å². The van der Waals surface area contributed by atoms with Crippen LogP contribution < -0.4 is 4.74 Å². The van der Waals surface area contributed by atoms with Crippen LogP contribution in [0.25, 0.3) is 0 Å². The number of carbonyl (C=O) groups is 1. The van der Waals surface area contributed by atoms with Gasteiger partial charge in [-0.15, -0.1) is 0 Å². The molecule has 4 heteroatoms. The second kappa shape index (κ2) is 5.95. The molecule has 2 aromatic carbocycles. The number of ether oxygens (including phenoxy) is 2. The lowest BCUT2D eigenvalue weighted by atomic mass is 9.83. The van der Waals surface area contributed by atoms with Crippen molar-refractivity contribution in [2.45, 2.75) is 25.0 Å². The largest absolute Gasteiger partial charge is 0.496 e. The summed E-state index contributed by atoms with van der Waals surface area (Å²) in [4.78, 5) is 14.8. The molecule has 0 atom stereocenters. The number of esters is 1. The van der Waals surface area contributed by atoms with E-state index in [1.54, 1.807) is 7.11 Å². The molecule has 1 saturated heterocycles.